The van der Waals surface area contributed by atoms with Crippen LogP contribution in [-0.2, 0) is 14.3 Å². The van der Waals surface area contributed by atoms with Crippen molar-refractivity contribution in [1.29, 1.82) is 0 Å². The van der Waals surface area contributed by atoms with Gasteiger partial charge in [-0.25, -0.2) is 4.79 Å². The van der Waals surface area contributed by atoms with Gasteiger partial charge in [-0.2, -0.15) is 0 Å². The van der Waals surface area contributed by atoms with Crippen LogP contribution in [0.1, 0.15) is 30.6 Å². The van der Waals surface area contributed by atoms with Crippen molar-refractivity contribution in [2.45, 2.75) is 26.3 Å². The van der Waals surface area contributed by atoms with Crippen molar-refractivity contribution < 1.29 is 28.6 Å². The molecule has 2 rings (SSSR count). The molecule has 0 fully saturated rings. The van der Waals surface area contributed by atoms with Crippen molar-refractivity contribution >= 4 is 29.4 Å². The molecule has 136 valence electrons. The molecule has 0 spiro atoms. The fourth-order valence-corrected chi connectivity index (χ4v) is 2.31. The Balaban J connectivity index is 1.84. The number of carbonyl (C=O) groups is 3. The molecule has 1 aromatic carbocycles. The number of carbonyl (C=O) groups excluding carboxylic acids is 3. The van der Waals surface area contributed by atoms with Crippen molar-refractivity contribution in [1.82, 2.24) is 10.6 Å². The number of hydrogen-bond acceptors (Lipinski definition) is 6. The topological polar surface area (TPSA) is 103 Å². The van der Waals surface area contributed by atoms with E-state index in [-0.39, 0.29) is 23.3 Å². The van der Waals surface area contributed by atoms with Crippen LogP contribution in [0.4, 0.5) is 0 Å². The third-order valence-electron chi connectivity index (χ3n) is 3.32. The first-order valence-electron chi connectivity index (χ1n) is 7.75. The van der Waals surface area contributed by atoms with Crippen LogP contribution in [0.3, 0.4) is 0 Å². The minimum atomic E-state index is -0.738. The van der Waals surface area contributed by atoms with Crippen molar-refractivity contribution in [2.24, 2.45) is 0 Å². The van der Waals surface area contributed by atoms with Crippen molar-refractivity contribution in [3.8, 4) is 11.5 Å². The first-order valence-corrected chi connectivity index (χ1v) is 8.13. The average Bonchev–Trinajstić information content (AvgIpc) is 3.06. The van der Waals surface area contributed by atoms with Gasteiger partial charge in [0.2, 0.25) is 12.7 Å². The lowest BCUT2D eigenvalue weighted by Gasteiger charge is -2.14. The van der Waals surface area contributed by atoms with E-state index in [2.05, 4.69) is 10.6 Å². The Morgan fingerprint density at radius 3 is 2.80 bits per heavy atom. The summed E-state index contributed by atoms with van der Waals surface area (Å²) in [5, 5.41) is 5.32. The van der Waals surface area contributed by atoms with E-state index >= 15 is 0 Å². The smallest absolute Gasteiger partial charge is 0.338 e. The Hall–Kier alpha value is -2.48. The highest BCUT2D eigenvalue weighted by Gasteiger charge is 2.22. The van der Waals surface area contributed by atoms with Crippen LogP contribution >= 0.6 is 11.6 Å². The number of nitrogens with one attached hydrogen (secondary N) is 2. The Morgan fingerprint density at radius 1 is 1.32 bits per heavy atom. The highest BCUT2D eigenvalue weighted by atomic mass is 35.5. The summed E-state index contributed by atoms with van der Waals surface area (Å²) in [5.74, 6) is -0.921. The number of ether oxygens (including phenoxy) is 3. The molecule has 9 heteroatoms. The molecule has 1 aliphatic rings. The first-order chi connectivity index (χ1) is 11.9. The highest BCUT2D eigenvalue weighted by molar-refractivity contribution is 6.32. The maximum atomic E-state index is 12.0. The molecule has 1 aliphatic heterocycles. The summed E-state index contributed by atoms with van der Waals surface area (Å²) in [7, 11) is 0. The predicted octanol–water partition coefficient (Wildman–Crippen LogP) is 1.26. The van der Waals surface area contributed by atoms with Gasteiger partial charge in [-0.3, -0.25) is 9.59 Å². The third kappa shape index (κ3) is 4.99. The summed E-state index contributed by atoms with van der Waals surface area (Å²) in [6, 6.07) is 2.07. The van der Waals surface area contributed by atoms with Crippen molar-refractivity contribution in [3.05, 3.63) is 22.7 Å². The van der Waals surface area contributed by atoms with Gasteiger partial charge in [-0.05, 0) is 25.5 Å². The Labute approximate surface area is 149 Å². The molecule has 1 heterocycles. The van der Waals surface area contributed by atoms with Gasteiger partial charge in [-0.1, -0.05) is 18.5 Å². The fraction of sp³-hybridized carbons (Fsp3) is 0.438. The minimum Gasteiger partial charge on any atom is -0.454 e. The molecule has 0 saturated heterocycles. The molecule has 0 aromatic heterocycles. The van der Waals surface area contributed by atoms with Gasteiger partial charge in [-0.15, -0.1) is 0 Å². The molecule has 0 saturated carbocycles. The number of halogens is 1. The van der Waals surface area contributed by atoms with Crippen molar-refractivity contribution in [2.75, 3.05) is 19.9 Å². The summed E-state index contributed by atoms with van der Waals surface area (Å²) < 4.78 is 15.2. The van der Waals surface area contributed by atoms with E-state index in [0.717, 1.165) is 6.42 Å². The van der Waals surface area contributed by atoms with E-state index in [1.807, 2.05) is 6.92 Å². The second kappa shape index (κ2) is 8.57. The Bertz CT molecular complexity index is 679. The summed E-state index contributed by atoms with van der Waals surface area (Å²) >= 11 is 5.99. The van der Waals surface area contributed by atoms with Crippen LogP contribution in [0.2, 0.25) is 5.02 Å². The summed E-state index contributed by atoms with van der Waals surface area (Å²) in [6.45, 7) is 3.50. The van der Waals surface area contributed by atoms with Crippen molar-refractivity contribution in [3.63, 3.8) is 0 Å². The van der Waals surface area contributed by atoms with Crippen LogP contribution < -0.4 is 20.1 Å². The monoisotopic (exact) mass is 370 g/mol. The van der Waals surface area contributed by atoms with Gasteiger partial charge < -0.3 is 24.8 Å². The van der Waals surface area contributed by atoms with E-state index in [0.29, 0.717) is 18.0 Å². The number of benzene rings is 1. The van der Waals surface area contributed by atoms with Crippen LogP contribution in [0.25, 0.3) is 0 Å². The molecule has 25 heavy (non-hydrogen) atoms. The number of rotatable bonds is 7. The number of hydrogen-bond donors (Lipinski definition) is 2. The molecule has 0 unspecified atom stereocenters. The Kier molecular flexibility index (Phi) is 6.46. The zero-order valence-electron chi connectivity index (χ0n) is 13.9. The van der Waals surface area contributed by atoms with Gasteiger partial charge in [0, 0.05) is 6.54 Å². The molecule has 2 amide bonds. The van der Waals surface area contributed by atoms with E-state index in [4.69, 9.17) is 25.8 Å². The summed E-state index contributed by atoms with van der Waals surface area (Å²) in [6.07, 6.45) is 0.794. The zero-order chi connectivity index (χ0) is 18.4. The van der Waals surface area contributed by atoms with Gasteiger partial charge in [0.05, 0.1) is 10.6 Å². The molecule has 2 N–H and O–H groups in total. The second-order valence-electron chi connectivity index (χ2n) is 5.35. The fourth-order valence-electron chi connectivity index (χ4n) is 2.05. The normalized spacial score (nSPS) is 13.1. The van der Waals surface area contributed by atoms with E-state index in [1.54, 1.807) is 6.92 Å². The Morgan fingerprint density at radius 2 is 2.08 bits per heavy atom. The number of fused-ring (bicyclic) bond motifs is 1. The van der Waals surface area contributed by atoms with Gasteiger partial charge in [0.15, 0.2) is 18.1 Å². The number of amides is 2. The molecular formula is C16H19ClN2O6. The maximum absolute atomic E-state index is 12.0. The SMILES string of the molecule is CCCNC(=O)[C@H](C)NC(=O)COC(=O)c1cc(Cl)c2c(c1)OCO2. The highest BCUT2D eigenvalue weighted by Crippen LogP contribution is 2.39. The van der Waals surface area contributed by atoms with E-state index in [9.17, 15) is 14.4 Å². The van der Waals surface area contributed by atoms with Gasteiger partial charge >= 0.3 is 5.97 Å². The van der Waals surface area contributed by atoms with E-state index < -0.39 is 24.5 Å². The van der Waals surface area contributed by atoms with Gasteiger partial charge in [0.1, 0.15) is 6.04 Å². The molecule has 0 radical (unpaired) electrons. The number of esters is 1. The van der Waals surface area contributed by atoms with E-state index in [1.165, 1.54) is 12.1 Å². The first kappa shape index (κ1) is 18.9. The lowest BCUT2D eigenvalue weighted by atomic mass is 10.2. The van der Waals surface area contributed by atoms with Crippen LogP contribution in [0, 0.1) is 0 Å². The average molecular weight is 371 g/mol. The summed E-state index contributed by atoms with van der Waals surface area (Å²) in [5.41, 5.74) is 0.135. The third-order valence-corrected chi connectivity index (χ3v) is 3.60. The lowest BCUT2D eigenvalue weighted by molar-refractivity contribution is -0.130. The van der Waals surface area contributed by atoms with Gasteiger partial charge in [0.25, 0.3) is 5.91 Å². The lowest BCUT2D eigenvalue weighted by Crippen LogP contribution is -2.46. The van der Waals surface area contributed by atoms with Crippen LogP contribution in [-0.4, -0.2) is 43.8 Å². The molecule has 0 aliphatic carbocycles. The molecular weight excluding hydrogens is 352 g/mol. The summed E-state index contributed by atoms with van der Waals surface area (Å²) in [4.78, 5) is 35.5. The standard InChI is InChI=1S/C16H19ClN2O6/c1-3-4-18-15(21)9(2)19-13(20)7-23-16(22)10-5-11(17)14-12(6-10)24-8-25-14/h5-6,9H,3-4,7-8H2,1-2H3,(H,18,21)(H,19,20)/t9-/m0/s1. The molecule has 1 aromatic rings. The van der Waals surface area contributed by atoms with Crippen LogP contribution in [0.15, 0.2) is 12.1 Å². The molecule has 8 nitrogen and oxygen atoms in total. The predicted molar refractivity (Wildman–Crippen MR) is 88.8 cm³/mol. The molecule has 0 bridgehead atoms. The maximum Gasteiger partial charge on any atom is 0.338 e. The van der Waals surface area contributed by atoms with Crippen LogP contribution in [0.5, 0.6) is 11.5 Å². The molecule has 1 atom stereocenters. The zero-order valence-corrected chi connectivity index (χ0v) is 14.6. The second-order valence-corrected chi connectivity index (χ2v) is 5.76. The quantitative estimate of drug-likeness (QED) is 0.700. The largest absolute Gasteiger partial charge is 0.454 e. The minimum absolute atomic E-state index is 0.0218.